The number of hydrogen-bond donors (Lipinski definition) is 1. The molecular formula is C17H23N5O. The fourth-order valence-electron chi connectivity index (χ4n) is 2.98. The van der Waals surface area contributed by atoms with E-state index in [1.807, 2.05) is 31.3 Å². The van der Waals surface area contributed by atoms with E-state index in [0.717, 1.165) is 54.5 Å². The fourth-order valence-corrected chi connectivity index (χ4v) is 2.98. The molecule has 2 heterocycles. The largest absolute Gasteiger partial charge is 0.368 e. The van der Waals surface area contributed by atoms with Gasteiger partial charge in [-0.3, -0.25) is 4.79 Å². The number of amides is 1. The Morgan fingerprint density at radius 1 is 1.26 bits per heavy atom. The first kappa shape index (κ1) is 15.5. The second-order valence-electron chi connectivity index (χ2n) is 6.35. The zero-order valence-electron chi connectivity index (χ0n) is 13.7. The molecule has 1 fully saturated rings. The van der Waals surface area contributed by atoms with Crippen LogP contribution in [0.25, 0.3) is 11.0 Å². The predicted octanol–water partition coefficient (Wildman–Crippen LogP) is 1.79. The maximum Gasteiger partial charge on any atom is 0.236 e. The van der Waals surface area contributed by atoms with E-state index < -0.39 is 0 Å². The third kappa shape index (κ3) is 3.36. The molecule has 1 aliphatic rings. The van der Waals surface area contributed by atoms with Crippen molar-refractivity contribution in [3.8, 4) is 0 Å². The van der Waals surface area contributed by atoms with E-state index in [2.05, 4.69) is 11.8 Å². The van der Waals surface area contributed by atoms with Gasteiger partial charge < -0.3 is 15.5 Å². The summed E-state index contributed by atoms with van der Waals surface area (Å²) >= 11 is 0. The van der Waals surface area contributed by atoms with Crippen molar-refractivity contribution in [3.63, 3.8) is 0 Å². The molecule has 122 valence electrons. The van der Waals surface area contributed by atoms with Crippen LogP contribution in [0.1, 0.15) is 19.8 Å². The van der Waals surface area contributed by atoms with Crippen molar-refractivity contribution in [1.29, 1.82) is 0 Å². The zero-order chi connectivity index (χ0) is 16.4. The van der Waals surface area contributed by atoms with Crippen LogP contribution in [-0.4, -0.2) is 42.6 Å². The Morgan fingerprint density at radius 3 is 2.48 bits per heavy atom. The molecule has 1 aromatic heterocycles. The molecule has 0 bridgehead atoms. The van der Waals surface area contributed by atoms with Crippen LogP contribution in [0.3, 0.4) is 0 Å². The Morgan fingerprint density at radius 2 is 1.87 bits per heavy atom. The van der Waals surface area contributed by atoms with Gasteiger partial charge in [0, 0.05) is 20.1 Å². The highest BCUT2D eigenvalue weighted by Gasteiger charge is 2.23. The summed E-state index contributed by atoms with van der Waals surface area (Å²) in [4.78, 5) is 24.9. The molecule has 2 N–H and O–H groups in total. The first-order valence-electron chi connectivity index (χ1n) is 8.06. The van der Waals surface area contributed by atoms with E-state index in [1.165, 1.54) is 0 Å². The topological polar surface area (TPSA) is 75.3 Å². The Kier molecular flexibility index (Phi) is 4.32. The lowest BCUT2D eigenvalue weighted by Crippen LogP contribution is -2.37. The van der Waals surface area contributed by atoms with Crippen molar-refractivity contribution < 1.29 is 4.79 Å². The van der Waals surface area contributed by atoms with Gasteiger partial charge in [0.1, 0.15) is 0 Å². The Hall–Kier alpha value is -2.37. The molecule has 0 saturated carbocycles. The van der Waals surface area contributed by atoms with Gasteiger partial charge in [-0.15, -0.1) is 0 Å². The van der Waals surface area contributed by atoms with E-state index in [4.69, 9.17) is 15.7 Å². The number of fused-ring (bicyclic) bond motifs is 1. The first-order valence-corrected chi connectivity index (χ1v) is 8.06. The van der Waals surface area contributed by atoms with E-state index in [1.54, 1.807) is 4.90 Å². The molecule has 0 unspecified atom stereocenters. The van der Waals surface area contributed by atoms with Gasteiger partial charge in [-0.2, -0.15) is 0 Å². The number of likely N-dealkylation sites (N-methyl/N-ethyl adjacent to an activating group) is 1. The Balaban J connectivity index is 2.03. The highest BCUT2D eigenvalue weighted by Crippen LogP contribution is 2.30. The van der Waals surface area contributed by atoms with Crippen LogP contribution in [0.2, 0.25) is 0 Å². The number of anilines is 2. The standard InChI is InChI=1S/C17H23N5O/c1-12-7-9-22(10-8-12)17-16(21(2)11-15(18)23)19-13-5-3-4-6-14(13)20-17/h3-6,12H,7-11H2,1-2H3,(H2,18,23). The monoisotopic (exact) mass is 313 g/mol. The van der Waals surface area contributed by atoms with Gasteiger partial charge in [-0.25, -0.2) is 9.97 Å². The molecule has 0 spiro atoms. The summed E-state index contributed by atoms with van der Waals surface area (Å²) in [5.41, 5.74) is 7.05. The van der Waals surface area contributed by atoms with Crippen molar-refractivity contribution in [2.24, 2.45) is 11.7 Å². The summed E-state index contributed by atoms with van der Waals surface area (Å²) in [7, 11) is 1.83. The third-order valence-electron chi connectivity index (χ3n) is 4.37. The highest BCUT2D eigenvalue weighted by atomic mass is 16.1. The van der Waals surface area contributed by atoms with Gasteiger partial charge in [0.05, 0.1) is 17.6 Å². The third-order valence-corrected chi connectivity index (χ3v) is 4.37. The van der Waals surface area contributed by atoms with Crippen molar-refractivity contribution in [2.75, 3.05) is 36.5 Å². The number of benzene rings is 1. The van der Waals surface area contributed by atoms with Crippen molar-refractivity contribution in [1.82, 2.24) is 9.97 Å². The molecule has 3 rings (SSSR count). The number of carbonyl (C=O) groups excluding carboxylic acids is 1. The maximum absolute atomic E-state index is 11.3. The number of piperidine rings is 1. The van der Waals surface area contributed by atoms with Gasteiger partial charge in [-0.1, -0.05) is 19.1 Å². The minimum atomic E-state index is -0.374. The summed E-state index contributed by atoms with van der Waals surface area (Å²) < 4.78 is 0. The van der Waals surface area contributed by atoms with Crippen molar-refractivity contribution >= 4 is 28.6 Å². The molecule has 6 heteroatoms. The van der Waals surface area contributed by atoms with Crippen LogP contribution in [0.5, 0.6) is 0 Å². The van der Waals surface area contributed by atoms with Crippen LogP contribution in [0.4, 0.5) is 11.6 Å². The smallest absolute Gasteiger partial charge is 0.236 e. The maximum atomic E-state index is 11.3. The molecule has 0 radical (unpaired) electrons. The van der Waals surface area contributed by atoms with Gasteiger partial charge in [0.2, 0.25) is 5.91 Å². The highest BCUT2D eigenvalue weighted by molar-refractivity contribution is 5.84. The summed E-state index contributed by atoms with van der Waals surface area (Å²) in [6.45, 7) is 4.34. The number of para-hydroxylation sites is 2. The molecule has 0 aliphatic carbocycles. The van der Waals surface area contributed by atoms with E-state index in [9.17, 15) is 4.79 Å². The molecule has 1 aliphatic heterocycles. The average Bonchev–Trinajstić information content (AvgIpc) is 2.53. The molecule has 1 amide bonds. The number of primary amides is 1. The van der Waals surface area contributed by atoms with Crippen molar-refractivity contribution in [2.45, 2.75) is 19.8 Å². The molecule has 1 aromatic carbocycles. The normalized spacial score (nSPS) is 15.8. The van der Waals surface area contributed by atoms with Crippen LogP contribution in [0.15, 0.2) is 24.3 Å². The summed E-state index contributed by atoms with van der Waals surface area (Å²) in [5.74, 6) is 1.93. The second kappa shape index (κ2) is 6.40. The predicted molar refractivity (Wildman–Crippen MR) is 92.6 cm³/mol. The number of nitrogens with zero attached hydrogens (tertiary/aromatic N) is 4. The van der Waals surface area contributed by atoms with Gasteiger partial charge in [-0.05, 0) is 30.9 Å². The van der Waals surface area contributed by atoms with E-state index in [0.29, 0.717) is 0 Å². The van der Waals surface area contributed by atoms with Crippen molar-refractivity contribution in [3.05, 3.63) is 24.3 Å². The van der Waals surface area contributed by atoms with Gasteiger partial charge >= 0.3 is 0 Å². The quantitative estimate of drug-likeness (QED) is 0.931. The number of hydrogen-bond acceptors (Lipinski definition) is 5. The van der Waals surface area contributed by atoms with E-state index in [-0.39, 0.29) is 12.5 Å². The van der Waals surface area contributed by atoms with Crippen LogP contribution < -0.4 is 15.5 Å². The van der Waals surface area contributed by atoms with E-state index >= 15 is 0 Å². The molecule has 6 nitrogen and oxygen atoms in total. The molecule has 1 saturated heterocycles. The number of rotatable bonds is 4. The number of nitrogens with two attached hydrogens (primary N) is 1. The lowest BCUT2D eigenvalue weighted by atomic mass is 9.99. The lowest BCUT2D eigenvalue weighted by molar-refractivity contribution is -0.116. The van der Waals surface area contributed by atoms with Crippen LogP contribution in [-0.2, 0) is 4.79 Å². The lowest BCUT2D eigenvalue weighted by Gasteiger charge is -2.33. The first-order chi connectivity index (χ1) is 11.0. The van der Waals surface area contributed by atoms with Gasteiger partial charge in [0.25, 0.3) is 0 Å². The van der Waals surface area contributed by atoms with Gasteiger partial charge in [0.15, 0.2) is 11.6 Å². The molecule has 2 aromatic rings. The zero-order valence-corrected chi connectivity index (χ0v) is 13.7. The number of aromatic nitrogens is 2. The molecular weight excluding hydrogens is 290 g/mol. The summed E-state index contributed by atoms with van der Waals surface area (Å²) in [6, 6.07) is 7.81. The molecule has 0 atom stereocenters. The minimum Gasteiger partial charge on any atom is -0.368 e. The van der Waals surface area contributed by atoms with Crippen LogP contribution >= 0.6 is 0 Å². The average molecular weight is 313 g/mol. The number of carbonyl (C=O) groups is 1. The minimum absolute atomic E-state index is 0.129. The second-order valence-corrected chi connectivity index (χ2v) is 6.35. The summed E-state index contributed by atoms with van der Waals surface area (Å²) in [5, 5.41) is 0. The van der Waals surface area contributed by atoms with Crippen LogP contribution in [0, 0.1) is 5.92 Å². The Bertz CT molecular complexity index is 709. The molecule has 23 heavy (non-hydrogen) atoms. The fraction of sp³-hybridized carbons (Fsp3) is 0.471. The SMILES string of the molecule is CC1CCN(c2nc3ccccc3nc2N(C)CC(N)=O)CC1. The Labute approximate surface area is 136 Å². The summed E-state index contributed by atoms with van der Waals surface area (Å²) in [6.07, 6.45) is 2.29.